The zero-order valence-corrected chi connectivity index (χ0v) is 21.6. The van der Waals surface area contributed by atoms with Gasteiger partial charge in [-0.25, -0.2) is 0 Å². The molecule has 3 rings (SSSR count). The minimum Gasteiger partial charge on any atom is -0.357 e. The molecular weight excluding hydrogens is 527 g/mol. The van der Waals surface area contributed by atoms with Crippen LogP contribution in [0.15, 0.2) is 52.8 Å². The number of nitrogens with one attached hydrogen (secondary N) is 2. The first-order valence-electron chi connectivity index (χ1n) is 10.4. The molecule has 1 aliphatic rings. The highest BCUT2D eigenvalue weighted by atomic mass is 127. The summed E-state index contributed by atoms with van der Waals surface area (Å²) in [7, 11) is -0.882. The van der Waals surface area contributed by atoms with Gasteiger partial charge in [-0.2, -0.15) is 0 Å². The molecular formula is C22H33IN4OS2. The van der Waals surface area contributed by atoms with E-state index in [1.54, 1.807) is 0 Å². The number of nitrogens with zero attached hydrogens (tertiary/aromatic N) is 2. The summed E-state index contributed by atoms with van der Waals surface area (Å²) in [6, 6.07) is 14.7. The van der Waals surface area contributed by atoms with E-state index in [0.717, 1.165) is 37.7 Å². The van der Waals surface area contributed by atoms with Gasteiger partial charge in [-0.05, 0) is 49.9 Å². The van der Waals surface area contributed by atoms with Gasteiger partial charge in [-0.3, -0.25) is 14.1 Å². The largest absolute Gasteiger partial charge is 0.357 e. The van der Waals surface area contributed by atoms with Crippen LogP contribution in [-0.4, -0.2) is 53.5 Å². The lowest BCUT2D eigenvalue weighted by Gasteiger charge is -2.25. The van der Waals surface area contributed by atoms with E-state index < -0.39 is 10.8 Å². The Bertz CT molecular complexity index is 765. The molecule has 5 nitrogen and oxygen atoms in total. The fraction of sp³-hybridized carbons (Fsp3) is 0.500. The number of halogens is 1. The minimum absolute atomic E-state index is 0. The molecule has 0 saturated carbocycles. The highest BCUT2D eigenvalue weighted by Crippen LogP contribution is 2.28. The third-order valence-electron chi connectivity index (χ3n) is 5.01. The molecule has 8 heteroatoms. The first-order chi connectivity index (χ1) is 14.3. The summed E-state index contributed by atoms with van der Waals surface area (Å²) in [5, 5.41) is 8.83. The average Bonchev–Trinajstić information content (AvgIpc) is 3.44. The van der Waals surface area contributed by atoms with Crippen LogP contribution in [-0.2, 0) is 16.6 Å². The first kappa shape index (κ1) is 25.3. The van der Waals surface area contributed by atoms with Crippen molar-refractivity contribution >= 4 is 52.1 Å². The van der Waals surface area contributed by atoms with Crippen molar-refractivity contribution in [2.24, 2.45) is 4.99 Å². The normalized spacial score (nSPS) is 16.6. The fourth-order valence-electron chi connectivity index (χ4n) is 3.55. The molecule has 1 aromatic heterocycles. The molecule has 0 spiro atoms. The van der Waals surface area contributed by atoms with Gasteiger partial charge in [0, 0.05) is 40.3 Å². The summed E-state index contributed by atoms with van der Waals surface area (Å²) in [6.45, 7) is 6.58. The predicted molar refractivity (Wildman–Crippen MR) is 140 cm³/mol. The molecule has 2 aromatic rings. The molecule has 30 heavy (non-hydrogen) atoms. The van der Waals surface area contributed by atoms with Crippen LogP contribution in [0.1, 0.15) is 36.2 Å². The second-order valence-electron chi connectivity index (χ2n) is 7.19. The van der Waals surface area contributed by atoms with Crippen LogP contribution in [0, 0.1) is 0 Å². The topological polar surface area (TPSA) is 56.7 Å². The van der Waals surface area contributed by atoms with Crippen LogP contribution in [0.4, 0.5) is 0 Å². The lowest BCUT2D eigenvalue weighted by atomic mass is 10.2. The molecule has 2 unspecified atom stereocenters. The van der Waals surface area contributed by atoms with Crippen molar-refractivity contribution in [1.82, 2.24) is 15.5 Å². The van der Waals surface area contributed by atoms with Gasteiger partial charge in [-0.1, -0.05) is 36.4 Å². The SMILES string of the molecule is CCNC(=NCC(c1cccs1)N1CCCC1)NCCS(=O)Cc1ccccc1.I. The molecule has 2 N–H and O–H groups in total. The lowest BCUT2D eigenvalue weighted by Crippen LogP contribution is -2.40. The van der Waals surface area contributed by atoms with Crippen LogP contribution in [0.3, 0.4) is 0 Å². The number of rotatable bonds is 10. The van der Waals surface area contributed by atoms with Gasteiger partial charge in [0.1, 0.15) is 0 Å². The van der Waals surface area contributed by atoms with Crippen molar-refractivity contribution in [3.63, 3.8) is 0 Å². The van der Waals surface area contributed by atoms with E-state index in [1.165, 1.54) is 17.7 Å². The Morgan fingerprint density at radius 2 is 1.93 bits per heavy atom. The summed E-state index contributed by atoms with van der Waals surface area (Å²) in [5.74, 6) is 2.02. The van der Waals surface area contributed by atoms with E-state index in [-0.39, 0.29) is 24.0 Å². The Balaban J connectivity index is 0.00000320. The fourth-order valence-corrected chi connectivity index (χ4v) is 5.44. The number of aliphatic imine (C=N–C) groups is 1. The summed E-state index contributed by atoms with van der Waals surface area (Å²) in [5.41, 5.74) is 1.12. The van der Waals surface area contributed by atoms with Crippen LogP contribution in [0.5, 0.6) is 0 Å². The number of guanidine groups is 1. The van der Waals surface area contributed by atoms with Crippen molar-refractivity contribution in [3.8, 4) is 0 Å². The van der Waals surface area contributed by atoms with E-state index in [2.05, 4.69) is 40.0 Å². The average molecular weight is 561 g/mol. The highest BCUT2D eigenvalue weighted by Gasteiger charge is 2.24. The van der Waals surface area contributed by atoms with Gasteiger partial charge in [0.25, 0.3) is 0 Å². The summed E-state index contributed by atoms with van der Waals surface area (Å²) in [4.78, 5) is 8.79. The van der Waals surface area contributed by atoms with Crippen molar-refractivity contribution < 1.29 is 4.21 Å². The second kappa shape index (κ2) is 14.2. The van der Waals surface area contributed by atoms with E-state index in [4.69, 9.17) is 4.99 Å². The second-order valence-corrected chi connectivity index (χ2v) is 9.75. The zero-order chi connectivity index (χ0) is 20.3. The van der Waals surface area contributed by atoms with Crippen molar-refractivity contribution in [3.05, 3.63) is 58.3 Å². The van der Waals surface area contributed by atoms with E-state index in [1.807, 2.05) is 41.7 Å². The number of hydrogen-bond donors (Lipinski definition) is 2. The molecule has 0 bridgehead atoms. The Hall–Kier alpha value is -0.970. The number of hydrogen-bond acceptors (Lipinski definition) is 4. The number of benzene rings is 1. The maximum atomic E-state index is 12.4. The van der Waals surface area contributed by atoms with Crippen molar-refractivity contribution in [2.45, 2.75) is 31.6 Å². The van der Waals surface area contributed by atoms with Crippen LogP contribution >= 0.6 is 35.3 Å². The van der Waals surface area contributed by atoms with Gasteiger partial charge in [0.2, 0.25) is 0 Å². The quantitative estimate of drug-likeness (QED) is 0.262. The summed E-state index contributed by atoms with van der Waals surface area (Å²) < 4.78 is 12.4. The highest BCUT2D eigenvalue weighted by molar-refractivity contribution is 14.0. The van der Waals surface area contributed by atoms with Gasteiger partial charge in [-0.15, -0.1) is 35.3 Å². The van der Waals surface area contributed by atoms with Gasteiger partial charge in [0.05, 0.1) is 12.6 Å². The van der Waals surface area contributed by atoms with E-state index in [0.29, 0.717) is 24.1 Å². The van der Waals surface area contributed by atoms with Gasteiger partial charge in [0.15, 0.2) is 5.96 Å². The maximum absolute atomic E-state index is 12.4. The van der Waals surface area contributed by atoms with Gasteiger partial charge >= 0.3 is 0 Å². The molecule has 1 fully saturated rings. The molecule has 1 aliphatic heterocycles. The Morgan fingerprint density at radius 3 is 2.60 bits per heavy atom. The van der Waals surface area contributed by atoms with Crippen molar-refractivity contribution in [2.75, 3.05) is 38.5 Å². The van der Waals surface area contributed by atoms with Gasteiger partial charge < -0.3 is 10.6 Å². The Labute approximate surface area is 204 Å². The van der Waals surface area contributed by atoms with E-state index >= 15 is 0 Å². The molecule has 1 saturated heterocycles. The van der Waals surface area contributed by atoms with Crippen LogP contribution in [0.2, 0.25) is 0 Å². The minimum atomic E-state index is -0.882. The molecule has 0 radical (unpaired) electrons. The smallest absolute Gasteiger partial charge is 0.191 e. The molecule has 166 valence electrons. The number of thiophene rings is 1. The Kier molecular flexibility index (Phi) is 11.9. The lowest BCUT2D eigenvalue weighted by molar-refractivity contribution is 0.255. The predicted octanol–water partition coefficient (Wildman–Crippen LogP) is 4.01. The molecule has 1 aromatic carbocycles. The standard InChI is InChI=1S/C22H32N4OS2.HI/c1-2-23-22(24-12-16-29(27)18-19-9-4-3-5-10-19)25-17-20(21-11-8-15-28-21)26-13-6-7-14-26;/h3-5,8-11,15,20H,2,6-7,12-14,16-18H2,1H3,(H2,23,24,25);1H. The zero-order valence-electron chi connectivity index (χ0n) is 17.6. The Morgan fingerprint density at radius 1 is 1.17 bits per heavy atom. The maximum Gasteiger partial charge on any atom is 0.191 e. The number of likely N-dealkylation sites (tertiary alicyclic amines) is 1. The van der Waals surface area contributed by atoms with Crippen LogP contribution < -0.4 is 10.6 Å². The molecule has 2 atom stereocenters. The summed E-state index contributed by atoms with van der Waals surface area (Å²) >= 11 is 1.81. The monoisotopic (exact) mass is 560 g/mol. The van der Waals surface area contributed by atoms with Crippen LogP contribution in [0.25, 0.3) is 0 Å². The van der Waals surface area contributed by atoms with Crippen molar-refractivity contribution in [1.29, 1.82) is 0 Å². The summed E-state index contributed by atoms with van der Waals surface area (Å²) in [6.07, 6.45) is 2.55. The third-order valence-corrected chi connectivity index (χ3v) is 7.30. The molecule has 0 amide bonds. The first-order valence-corrected chi connectivity index (χ1v) is 12.8. The molecule has 0 aliphatic carbocycles. The van der Waals surface area contributed by atoms with E-state index in [9.17, 15) is 4.21 Å². The molecule has 2 heterocycles. The third kappa shape index (κ3) is 8.28.